The van der Waals surface area contributed by atoms with Crippen LogP contribution in [0.15, 0.2) is 23.2 Å². The lowest BCUT2D eigenvalue weighted by Crippen LogP contribution is -2.43. The highest BCUT2D eigenvalue weighted by Crippen LogP contribution is 2.31. The summed E-state index contributed by atoms with van der Waals surface area (Å²) in [6.07, 6.45) is 2.45. The van der Waals surface area contributed by atoms with Crippen molar-refractivity contribution in [3.63, 3.8) is 0 Å². The minimum Gasteiger partial charge on any atom is -0.493 e. The van der Waals surface area contributed by atoms with Crippen molar-refractivity contribution in [3.05, 3.63) is 23.8 Å². The van der Waals surface area contributed by atoms with Crippen LogP contribution in [0.2, 0.25) is 0 Å². The summed E-state index contributed by atoms with van der Waals surface area (Å²) >= 11 is 0. The highest BCUT2D eigenvalue weighted by atomic mass is 127. The number of likely N-dealkylation sites (tertiary alicyclic amines) is 1. The van der Waals surface area contributed by atoms with Crippen molar-refractivity contribution in [3.8, 4) is 11.5 Å². The first-order valence-electron chi connectivity index (χ1n) is 7.40. The standard InChI is InChI=1S/C16H25N3O2.HI/c1-12-6-5-9-19(11-12)16(17)18-10-13-7-4-8-14(20-2)15(13)21-3;/h4,7-8,12H,5-6,9-11H2,1-3H3,(H2,17,18);1H. The van der Waals surface area contributed by atoms with Gasteiger partial charge in [0, 0.05) is 18.7 Å². The summed E-state index contributed by atoms with van der Waals surface area (Å²) in [4.78, 5) is 6.69. The van der Waals surface area contributed by atoms with Crippen LogP contribution in [0.4, 0.5) is 0 Å². The third-order valence-electron chi connectivity index (χ3n) is 3.88. The number of aliphatic imine (C=N–C) groups is 1. The zero-order valence-electron chi connectivity index (χ0n) is 13.5. The van der Waals surface area contributed by atoms with Crippen LogP contribution in [-0.4, -0.2) is 38.2 Å². The molecule has 2 rings (SSSR count). The highest BCUT2D eigenvalue weighted by Gasteiger charge is 2.17. The molecule has 1 atom stereocenters. The molecule has 0 radical (unpaired) electrons. The number of rotatable bonds is 4. The number of hydrogen-bond acceptors (Lipinski definition) is 3. The molecule has 124 valence electrons. The fourth-order valence-electron chi connectivity index (χ4n) is 2.74. The summed E-state index contributed by atoms with van der Waals surface area (Å²) in [6.45, 7) is 4.74. The normalized spacial score (nSPS) is 18.6. The average molecular weight is 419 g/mol. The predicted octanol–water partition coefficient (Wildman–Crippen LogP) is 2.87. The van der Waals surface area contributed by atoms with Crippen molar-refractivity contribution in [2.75, 3.05) is 27.3 Å². The number of benzene rings is 1. The number of nitrogens with zero attached hydrogens (tertiary/aromatic N) is 2. The molecule has 0 bridgehead atoms. The molecule has 0 spiro atoms. The molecule has 1 aromatic rings. The number of halogens is 1. The molecular weight excluding hydrogens is 393 g/mol. The topological polar surface area (TPSA) is 60.1 Å². The molecule has 2 N–H and O–H groups in total. The lowest BCUT2D eigenvalue weighted by molar-refractivity contribution is 0.270. The summed E-state index contributed by atoms with van der Waals surface area (Å²) in [7, 11) is 3.27. The Balaban J connectivity index is 0.00000242. The van der Waals surface area contributed by atoms with Crippen LogP contribution >= 0.6 is 24.0 Å². The van der Waals surface area contributed by atoms with E-state index in [1.54, 1.807) is 14.2 Å². The predicted molar refractivity (Wildman–Crippen MR) is 100 cm³/mol. The Hall–Kier alpha value is -1.18. The second-order valence-corrected chi connectivity index (χ2v) is 5.52. The largest absolute Gasteiger partial charge is 0.493 e. The molecule has 1 fully saturated rings. The number of ether oxygens (including phenoxy) is 2. The molecule has 0 saturated carbocycles. The zero-order chi connectivity index (χ0) is 15.2. The Kier molecular flexibility index (Phi) is 7.78. The number of para-hydroxylation sites is 1. The summed E-state index contributed by atoms with van der Waals surface area (Å²) in [5.41, 5.74) is 7.10. The van der Waals surface area contributed by atoms with Gasteiger partial charge in [-0.3, -0.25) is 0 Å². The minimum absolute atomic E-state index is 0. The third kappa shape index (κ3) is 4.66. The molecule has 0 aromatic heterocycles. The molecule has 1 aliphatic heterocycles. The van der Waals surface area contributed by atoms with Crippen LogP contribution in [0.5, 0.6) is 11.5 Å². The first-order chi connectivity index (χ1) is 10.2. The van der Waals surface area contributed by atoms with E-state index in [-0.39, 0.29) is 24.0 Å². The first-order valence-corrected chi connectivity index (χ1v) is 7.40. The van der Waals surface area contributed by atoms with E-state index in [1.807, 2.05) is 18.2 Å². The van der Waals surface area contributed by atoms with E-state index in [2.05, 4.69) is 16.8 Å². The highest BCUT2D eigenvalue weighted by molar-refractivity contribution is 14.0. The minimum atomic E-state index is 0. The lowest BCUT2D eigenvalue weighted by atomic mass is 10.0. The van der Waals surface area contributed by atoms with Crippen LogP contribution in [0.3, 0.4) is 0 Å². The van der Waals surface area contributed by atoms with E-state index in [0.29, 0.717) is 18.4 Å². The van der Waals surface area contributed by atoms with Crippen molar-refractivity contribution >= 4 is 29.9 Å². The summed E-state index contributed by atoms with van der Waals surface area (Å²) < 4.78 is 10.7. The van der Waals surface area contributed by atoms with E-state index in [9.17, 15) is 0 Å². The van der Waals surface area contributed by atoms with Crippen molar-refractivity contribution in [1.82, 2.24) is 4.90 Å². The van der Waals surface area contributed by atoms with Gasteiger partial charge in [-0.25, -0.2) is 4.99 Å². The van der Waals surface area contributed by atoms with Crippen LogP contribution < -0.4 is 15.2 Å². The Bertz CT molecular complexity index is 508. The molecule has 22 heavy (non-hydrogen) atoms. The average Bonchev–Trinajstić information content (AvgIpc) is 2.51. The monoisotopic (exact) mass is 419 g/mol. The van der Waals surface area contributed by atoms with Gasteiger partial charge in [0.1, 0.15) is 0 Å². The zero-order valence-corrected chi connectivity index (χ0v) is 15.9. The Morgan fingerprint density at radius 3 is 2.77 bits per heavy atom. The molecular formula is C16H26IN3O2. The number of piperidine rings is 1. The number of hydrogen-bond donors (Lipinski definition) is 1. The van der Waals surface area contributed by atoms with Gasteiger partial charge >= 0.3 is 0 Å². The number of methoxy groups -OCH3 is 2. The second kappa shape index (κ2) is 9.07. The third-order valence-corrected chi connectivity index (χ3v) is 3.88. The Morgan fingerprint density at radius 2 is 2.14 bits per heavy atom. The van der Waals surface area contributed by atoms with Gasteiger partial charge < -0.3 is 20.1 Å². The Labute approximate surface area is 149 Å². The summed E-state index contributed by atoms with van der Waals surface area (Å²) in [6, 6.07) is 5.80. The van der Waals surface area contributed by atoms with Crippen LogP contribution in [0.25, 0.3) is 0 Å². The lowest BCUT2D eigenvalue weighted by Gasteiger charge is -2.31. The van der Waals surface area contributed by atoms with Gasteiger partial charge in [-0.2, -0.15) is 0 Å². The molecule has 1 unspecified atom stereocenters. The molecule has 1 heterocycles. The SMILES string of the molecule is COc1cccc(CN=C(N)N2CCCC(C)C2)c1OC.I. The van der Waals surface area contributed by atoms with Crippen molar-refractivity contribution in [2.24, 2.45) is 16.6 Å². The van der Waals surface area contributed by atoms with E-state index < -0.39 is 0 Å². The summed E-state index contributed by atoms with van der Waals surface area (Å²) in [5, 5.41) is 0. The van der Waals surface area contributed by atoms with Gasteiger partial charge in [0.2, 0.25) is 0 Å². The second-order valence-electron chi connectivity index (χ2n) is 5.52. The van der Waals surface area contributed by atoms with Crippen LogP contribution in [0, 0.1) is 5.92 Å². The molecule has 5 nitrogen and oxygen atoms in total. The van der Waals surface area contributed by atoms with Gasteiger partial charge in [-0.1, -0.05) is 19.1 Å². The molecule has 1 saturated heterocycles. The quantitative estimate of drug-likeness (QED) is 0.463. The van der Waals surface area contributed by atoms with E-state index in [0.717, 1.165) is 30.2 Å². The van der Waals surface area contributed by atoms with Gasteiger partial charge in [-0.05, 0) is 24.8 Å². The maximum absolute atomic E-state index is 6.12. The molecule has 6 heteroatoms. The van der Waals surface area contributed by atoms with Crippen molar-refractivity contribution in [2.45, 2.75) is 26.3 Å². The number of guanidine groups is 1. The van der Waals surface area contributed by atoms with Crippen molar-refractivity contribution in [1.29, 1.82) is 0 Å². The van der Waals surface area contributed by atoms with Crippen LogP contribution in [-0.2, 0) is 6.54 Å². The van der Waals surface area contributed by atoms with Gasteiger partial charge in [0.05, 0.1) is 20.8 Å². The fourth-order valence-corrected chi connectivity index (χ4v) is 2.74. The van der Waals surface area contributed by atoms with E-state index >= 15 is 0 Å². The summed E-state index contributed by atoms with van der Waals surface area (Å²) in [5.74, 6) is 2.74. The van der Waals surface area contributed by atoms with Crippen LogP contribution in [0.1, 0.15) is 25.3 Å². The van der Waals surface area contributed by atoms with Crippen molar-refractivity contribution < 1.29 is 9.47 Å². The maximum Gasteiger partial charge on any atom is 0.191 e. The van der Waals surface area contributed by atoms with Gasteiger partial charge in [-0.15, -0.1) is 24.0 Å². The van der Waals surface area contributed by atoms with Gasteiger partial charge in [0.25, 0.3) is 0 Å². The maximum atomic E-state index is 6.12. The molecule has 1 aromatic carbocycles. The number of nitrogens with two attached hydrogens (primary N) is 1. The van der Waals surface area contributed by atoms with E-state index in [1.165, 1.54) is 12.8 Å². The smallest absolute Gasteiger partial charge is 0.191 e. The molecule has 0 amide bonds. The molecule has 0 aliphatic carbocycles. The van der Waals surface area contributed by atoms with E-state index in [4.69, 9.17) is 15.2 Å². The first kappa shape index (κ1) is 18.9. The van der Waals surface area contributed by atoms with Gasteiger partial charge in [0.15, 0.2) is 17.5 Å². The fraction of sp³-hybridized carbons (Fsp3) is 0.562. The molecule has 1 aliphatic rings. The Morgan fingerprint density at radius 1 is 1.36 bits per heavy atom.